The van der Waals surface area contributed by atoms with Crippen molar-refractivity contribution < 1.29 is 33.2 Å². The van der Waals surface area contributed by atoms with Crippen LogP contribution in [0.1, 0.15) is 35.6 Å². The van der Waals surface area contributed by atoms with Gasteiger partial charge in [-0.05, 0) is 34.8 Å². The highest BCUT2D eigenvalue weighted by molar-refractivity contribution is 5.99. The molecule has 2 fully saturated rings. The van der Waals surface area contributed by atoms with Crippen molar-refractivity contribution in [3.05, 3.63) is 155 Å². The largest absolute Gasteiger partial charge is 0.374 e. The van der Waals surface area contributed by atoms with E-state index in [2.05, 4.69) is 0 Å². The Kier molecular flexibility index (Phi) is 10.2. The summed E-state index contributed by atoms with van der Waals surface area (Å²) in [5.41, 5.74) is 5.65. The second-order valence-electron chi connectivity index (χ2n) is 12.7. The molecule has 4 aromatic rings. The third kappa shape index (κ3) is 7.08. The van der Waals surface area contributed by atoms with Crippen molar-refractivity contribution in [1.29, 1.82) is 0 Å². The minimum Gasteiger partial charge on any atom is -0.374 e. The van der Waals surface area contributed by atoms with Crippen molar-refractivity contribution >= 4 is 5.78 Å². The number of allylic oxidation sites excluding steroid dienone is 1. The standard InChI is InChI=1S/C41H42O7/c1-29-35(42)22-34-27-47-41(37(29)34)40(46-26-33-20-12-5-13-21-33)39(45-25-32-18-10-4-11-19-32)38(44-24-31-16-8-3-9-17-31)36(48-41)28-43-23-30-14-6-2-7-15-30/h2-21,34,36,38-40H,22-28H2,1H3/t34-,36+,38+,39-,40+,41-/m0/s1. The van der Waals surface area contributed by atoms with Crippen LogP contribution >= 0.6 is 0 Å². The van der Waals surface area contributed by atoms with Crippen LogP contribution in [0.25, 0.3) is 0 Å². The molecule has 2 heterocycles. The zero-order valence-electron chi connectivity index (χ0n) is 27.2. The molecule has 0 unspecified atom stereocenters. The number of carbonyl (C=O) groups is 1. The van der Waals surface area contributed by atoms with E-state index in [0.717, 1.165) is 27.8 Å². The fraction of sp³-hybridized carbons (Fsp3) is 0.341. The maximum Gasteiger partial charge on any atom is 0.222 e. The fourth-order valence-electron chi connectivity index (χ4n) is 7.10. The minimum absolute atomic E-state index is 0.0808. The molecule has 1 aliphatic carbocycles. The van der Waals surface area contributed by atoms with Gasteiger partial charge in [-0.1, -0.05) is 121 Å². The van der Waals surface area contributed by atoms with Gasteiger partial charge in [0.1, 0.15) is 24.4 Å². The van der Waals surface area contributed by atoms with Crippen LogP contribution in [0.4, 0.5) is 0 Å². The van der Waals surface area contributed by atoms with Crippen LogP contribution in [0.2, 0.25) is 0 Å². The molecule has 0 amide bonds. The van der Waals surface area contributed by atoms with Gasteiger partial charge in [0.2, 0.25) is 5.79 Å². The molecule has 7 heteroatoms. The number of hydrogen-bond acceptors (Lipinski definition) is 7. The molecule has 0 radical (unpaired) electrons. The summed E-state index contributed by atoms with van der Waals surface area (Å²) in [6.45, 7) is 3.85. The molecular weight excluding hydrogens is 604 g/mol. The van der Waals surface area contributed by atoms with Crippen LogP contribution in [0, 0.1) is 5.92 Å². The van der Waals surface area contributed by atoms with Crippen LogP contribution < -0.4 is 0 Å². The highest BCUT2D eigenvalue weighted by atomic mass is 16.7. The van der Waals surface area contributed by atoms with Crippen molar-refractivity contribution in [1.82, 2.24) is 0 Å². The molecule has 0 aromatic heterocycles. The number of ether oxygens (including phenoxy) is 6. The lowest BCUT2D eigenvalue weighted by Gasteiger charge is -2.51. The maximum atomic E-state index is 13.1. The zero-order chi connectivity index (χ0) is 32.8. The lowest BCUT2D eigenvalue weighted by atomic mass is 9.84. The summed E-state index contributed by atoms with van der Waals surface area (Å²) in [4.78, 5) is 13.1. The quantitative estimate of drug-likeness (QED) is 0.155. The second kappa shape index (κ2) is 15.1. The molecule has 3 aliphatic rings. The average molecular weight is 647 g/mol. The Balaban J connectivity index is 1.27. The van der Waals surface area contributed by atoms with E-state index in [1.807, 2.05) is 128 Å². The van der Waals surface area contributed by atoms with Crippen LogP contribution in [0.5, 0.6) is 0 Å². The first-order valence-corrected chi connectivity index (χ1v) is 16.7. The molecule has 2 saturated heterocycles. The average Bonchev–Trinajstić information content (AvgIpc) is 3.63. The number of Topliss-reactive ketones (excluding diaryl/α,β-unsaturated/α-hetero) is 1. The predicted octanol–water partition coefficient (Wildman–Crippen LogP) is 6.99. The number of carbonyl (C=O) groups excluding carboxylic acids is 1. The lowest BCUT2D eigenvalue weighted by molar-refractivity contribution is -0.358. The van der Waals surface area contributed by atoms with Gasteiger partial charge in [0.05, 0.1) is 39.6 Å². The Hall–Kier alpha value is -3.95. The van der Waals surface area contributed by atoms with E-state index < -0.39 is 30.2 Å². The molecule has 0 saturated carbocycles. The second-order valence-corrected chi connectivity index (χ2v) is 12.7. The van der Waals surface area contributed by atoms with E-state index in [0.29, 0.717) is 45.0 Å². The van der Waals surface area contributed by atoms with Gasteiger partial charge in [0, 0.05) is 17.9 Å². The number of ketones is 1. The van der Waals surface area contributed by atoms with Crippen LogP contribution in [0.3, 0.4) is 0 Å². The smallest absolute Gasteiger partial charge is 0.222 e. The van der Waals surface area contributed by atoms with Gasteiger partial charge in [-0.25, -0.2) is 0 Å². The van der Waals surface area contributed by atoms with Crippen molar-refractivity contribution in [3.63, 3.8) is 0 Å². The summed E-state index contributed by atoms with van der Waals surface area (Å²) in [7, 11) is 0. The topological polar surface area (TPSA) is 72.5 Å². The van der Waals surface area contributed by atoms with E-state index in [1.54, 1.807) is 0 Å². The minimum atomic E-state index is -1.34. The lowest BCUT2D eigenvalue weighted by Crippen LogP contribution is -2.67. The molecular formula is C41H42O7. The first kappa shape index (κ1) is 32.6. The van der Waals surface area contributed by atoms with Gasteiger partial charge in [-0.15, -0.1) is 0 Å². The molecule has 48 heavy (non-hydrogen) atoms. The van der Waals surface area contributed by atoms with Gasteiger partial charge < -0.3 is 28.4 Å². The molecule has 7 rings (SSSR count). The molecule has 0 N–H and O–H groups in total. The fourth-order valence-corrected chi connectivity index (χ4v) is 7.10. The molecule has 2 aliphatic heterocycles. The monoisotopic (exact) mass is 646 g/mol. The van der Waals surface area contributed by atoms with E-state index in [4.69, 9.17) is 28.4 Å². The Bertz CT molecular complexity index is 1660. The van der Waals surface area contributed by atoms with E-state index >= 15 is 0 Å². The number of hydrogen-bond donors (Lipinski definition) is 0. The number of fused-ring (bicyclic) bond motifs is 2. The molecule has 1 spiro atoms. The Morgan fingerprint density at radius 2 is 1.12 bits per heavy atom. The maximum absolute atomic E-state index is 13.1. The van der Waals surface area contributed by atoms with Gasteiger partial charge in [0.15, 0.2) is 5.78 Å². The van der Waals surface area contributed by atoms with E-state index in [1.165, 1.54) is 0 Å². The first-order chi connectivity index (χ1) is 23.6. The predicted molar refractivity (Wildman–Crippen MR) is 181 cm³/mol. The van der Waals surface area contributed by atoms with Gasteiger partial charge >= 0.3 is 0 Å². The molecule has 6 atom stereocenters. The van der Waals surface area contributed by atoms with Gasteiger partial charge in [-0.3, -0.25) is 4.79 Å². The van der Waals surface area contributed by atoms with Crippen LogP contribution in [0.15, 0.2) is 132 Å². The van der Waals surface area contributed by atoms with Crippen molar-refractivity contribution in [2.75, 3.05) is 13.2 Å². The molecule has 7 nitrogen and oxygen atoms in total. The number of benzene rings is 4. The Morgan fingerprint density at radius 1 is 0.646 bits per heavy atom. The van der Waals surface area contributed by atoms with E-state index in [9.17, 15) is 4.79 Å². The van der Waals surface area contributed by atoms with Crippen LogP contribution in [-0.4, -0.2) is 49.2 Å². The van der Waals surface area contributed by atoms with Crippen LogP contribution in [-0.2, 0) is 59.6 Å². The van der Waals surface area contributed by atoms with Gasteiger partial charge in [0.25, 0.3) is 0 Å². The van der Waals surface area contributed by atoms with Gasteiger partial charge in [-0.2, -0.15) is 0 Å². The summed E-state index contributed by atoms with van der Waals surface area (Å²) < 4.78 is 40.7. The highest BCUT2D eigenvalue weighted by Gasteiger charge is 2.65. The third-order valence-corrected chi connectivity index (χ3v) is 9.46. The normalized spacial score (nSPS) is 26.7. The van der Waals surface area contributed by atoms with E-state index in [-0.39, 0.29) is 18.3 Å². The van der Waals surface area contributed by atoms with Crippen molar-refractivity contribution in [2.24, 2.45) is 5.92 Å². The molecule has 4 aromatic carbocycles. The van der Waals surface area contributed by atoms with Crippen molar-refractivity contribution in [3.8, 4) is 0 Å². The molecule has 0 bridgehead atoms. The Labute approximate surface area is 282 Å². The third-order valence-electron chi connectivity index (χ3n) is 9.46. The summed E-state index contributed by atoms with van der Waals surface area (Å²) in [6.07, 6.45) is -2.16. The highest BCUT2D eigenvalue weighted by Crippen LogP contribution is 2.52. The SMILES string of the molecule is CC1=C2[C@H](CO[C@]23O[C@H](COCc2ccccc2)[C@@H](OCc2ccccc2)[C@H](OCc2ccccc2)[C@H]3OCc2ccccc2)CC1=O. The summed E-state index contributed by atoms with van der Waals surface area (Å²) >= 11 is 0. The Morgan fingerprint density at radius 3 is 1.67 bits per heavy atom. The summed E-state index contributed by atoms with van der Waals surface area (Å²) in [5.74, 6) is -1.31. The van der Waals surface area contributed by atoms with Crippen molar-refractivity contribution in [2.45, 2.75) is 70.0 Å². The molecule has 248 valence electrons. The summed E-state index contributed by atoms with van der Waals surface area (Å²) in [6, 6.07) is 40.2. The number of rotatable bonds is 13. The first-order valence-electron chi connectivity index (χ1n) is 16.7. The summed E-state index contributed by atoms with van der Waals surface area (Å²) in [5, 5.41) is 0. The zero-order valence-corrected chi connectivity index (χ0v) is 27.2.